The number of nitrogens with zero attached hydrogens (tertiary/aromatic N) is 3. The summed E-state index contributed by atoms with van der Waals surface area (Å²) in [6.07, 6.45) is 1.73. The van der Waals surface area contributed by atoms with Crippen LogP contribution in [0.15, 0.2) is 53.5 Å². The van der Waals surface area contributed by atoms with Crippen LogP contribution in [0.25, 0.3) is 16.7 Å². The number of pyridine rings is 2. The van der Waals surface area contributed by atoms with Gasteiger partial charge in [-0.2, -0.15) is 0 Å². The molecule has 0 unspecified atom stereocenters. The number of carbonyl (C=O) groups excluding carboxylic acids is 1. The van der Waals surface area contributed by atoms with Gasteiger partial charge in [0.25, 0.3) is 11.5 Å². The highest BCUT2D eigenvalue weighted by Crippen LogP contribution is 2.13. The SMILES string of the molecule is CCNC(=O)c1cc2c(=O)n3cc(C)ccc3nc2n(Cc2ccc(C)cc2)c1=N. The molecule has 152 valence electrons. The number of nitrogens with one attached hydrogen (secondary N) is 2. The number of fused-ring (bicyclic) bond motifs is 2. The third-order valence-corrected chi connectivity index (χ3v) is 5.10. The Morgan fingerprint density at radius 3 is 2.50 bits per heavy atom. The zero-order valence-corrected chi connectivity index (χ0v) is 17.2. The minimum atomic E-state index is -0.379. The first-order valence-corrected chi connectivity index (χ1v) is 9.84. The number of hydrogen-bond acceptors (Lipinski definition) is 4. The first kappa shape index (κ1) is 19.6. The van der Waals surface area contributed by atoms with E-state index in [1.807, 2.05) is 51.1 Å². The van der Waals surface area contributed by atoms with Crippen LogP contribution in [-0.2, 0) is 6.54 Å². The summed E-state index contributed by atoms with van der Waals surface area (Å²) in [6, 6.07) is 13.1. The smallest absolute Gasteiger partial charge is 0.267 e. The third kappa shape index (κ3) is 3.39. The Morgan fingerprint density at radius 2 is 1.80 bits per heavy atom. The van der Waals surface area contributed by atoms with Gasteiger partial charge in [0, 0.05) is 12.7 Å². The fourth-order valence-corrected chi connectivity index (χ4v) is 3.50. The molecule has 0 saturated carbocycles. The molecule has 3 aromatic heterocycles. The Morgan fingerprint density at radius 1 is 1.10 bits per heavy atom. The summed E-state index contributed by atoms with van der Waals surface area (Å²) >= 11 is 0. The quantitative estimate of drug-likeness (QED) is 0.515. The van der Waals surface area contributed by atoms with Gasteiger partial charge in [0.15, 0.2) is 0 Å². The van der Waals surface area contributed by atoms with Crippen molar-refractivity contribution in [2.45, 2.75) is 27.3 Å². The molecule has 0 radical (unpaired) electrons. The maximum Gasteiger partial charge on any atom is 0.267 e. The van der Waals surface area contributed by atoms with Gasteiger partial charge in [-0.05, 0) is 44.0 Å². The molecular formula is C23H23N5O2. The second-order valence-corrected chi connectivity index (χ2v) is 7.43. The topological polar surface area (TPSA) is 92.2 Å². The molecule has 0 bridgehead atoms. The van der Waals surface area contributed by atoms with E-state index in [4.69, 9.17) is 5.41 Å². The number of benzene rings is 1. The molecule has 0 aliphatic rings. The lowest BCUT2D eigenvalue weighted by Gasteiger charge is -2.15. The van der Waals surface area contributed by atoms with Gasteiger partial charge in [0.2, 0.25) is 0 Å². The fraction of sp³-hybridized carbons (Fsp3) is 0.217. The van der Waals surface area contributed by atoms with Crippen molar-refractivity contribution < 1.29 is 4.79 Å². The predicted octanol–water partition coefficient (Wildman–Crippen LogP) is 2.54. The van der Waals surface area contributed by atoms with E-state index in [1.165, 1.54) is 10.5 Å². The maximum absolute atomic E-state index is 13.3. The molecule has 0 aliphatic heterocycles. The van der Waals surface area contributed by atoms with Crippen molar-refractivity contribution in [3.05, 3.63) is 86.8 Å². The van der Waals surface area contributed by atoms with Gasteiger partial charge in [-0.15, -0.1) is 0 Å². The molecule has 4 aromatic rings. The minimum absolute atomic E-state index is 0.0254. The van der Waals surface area contributed by atoms with E-state index in [2.05, 4.69) is 10.3 Å². The Balaban J connectivity index is 2.06. The minimum Gasteiger partial charge on any atom is -0.352 e. The normalized spacial score (nSPS) is 11.2. The number of amides is 1. The van der Waals surface area contributed by atoms with Crippen molar-refractivity contribution in [3.8, 4) is 0 Å². The van der Waals surface area contributed by atoms with Crippen molar-refractivity contribution in [1.82, 2.24) is 19.3 Å². The van der Waals surface area contributed by atoms with Crippen LogP contribution in [-0.4, -0.2) is 26.4 Å². The van der Waals surface area contributed by atoms with Crippen molar-refractivity contribution in [2.24, 2.45) is 0 Å². The predicted molar refractivity (Wildman–Crippen MR) is 116 cm³/mol. The Bertz CT molecular complexity index is 1400. The molecule has 0 fully saturated rings. The summed E-state index contributed by atoms with van der Waals surface area (Å²) in [4.78, 5) is 30.5. The molecule has 0 aliphatic carbocycles. The van der Waals surface area contributed by atoms with E-state index >= 15 is 0 Å². The van der Waals surface area contributed by atoms with Crippen molar-refractivity contribution in [3.63, 3.8) is 0 Å². The summed E-state index contributed by atoms with van der Waals surface area (Å²) in [5.74, 6) is -0.379. The standard InChI is InChI=1S/C23H23N5O2/c1-4-25-22(29)17-11-18-21(26-19-10-7-15(3)12-27(19)23(18)30)28(20(17)24)13-16-8-5-14(2)6-9-16/h5-12,24H,4,13H2,1-3H3,(H,25,29). The highest BCUT2D eigenvalue weighted by Gasteiger charge is 2.17. The number of rotatable bonds is 4. The molecule has 0 atom stereocenters. The molecule has 0 spiro atoms. The van der Waals surface area contributed by atoms with E-state index in [1.54, 1.807) is 16.8 Å². The highest BCUT2D eigenvalue weighted by atomic mass is 16.1. The van der Waals surface area contributed by atoms with Crippen LogP contribution in [0.3, 0.4) is 0 Å². The van der Waals surface area contributed by atoms with Crippen LogP contribution < -0.4 is 16.4 Å². The van der Waals surface area contributed by atoms with Gasteiger partial charge >= 0.3 is 0 Å². The Labute approximate surface area is 173 Å². The number of aryl methyl sites for hydroxylation is 2. The van der Waals surface area contributed by atoms with Gasteiger partial charge < -0.3 is 9.88 Å². The number of hydrogen-bond donors (Lipinski definition) is 2. The second kappa shape index (κ2) is 7.59. The summed E-state index contributed by atoms with van der Waals surface area (Å²) in [5, 5.41) is 11.7. The van der Waals surface area contributed by atoms with E-state index in [-0.39, 0.29) is 22.5 Å². The van der Waals surface area contributed by atoms with Crippen LogP contribution in [0.5, 0.6) is 0 Å². The molecule has 2 N–H and O–H groups in total. The number of carbonyl (C=O) groups is 1. The maximum atomic E-state index is 13.3. The monoisotopic (exact) mass is 401 g/mol. The lowest BCUT2D eigenvalue weighted by molar-refractivity contribution is 0.0953. The lowest BCUT2D eigenvalue weighted by atomic mass is 10.1. The van der Waals surface area contributed by atoms with E-state index < -0.39 is 0 Å². The summed E-state index contributed by atoms with van der Waals surface area (Å²) < 4.78 is 3.12. The lowest BCUT2D eigenvalue weighted by Crippen LogP contribution is -2.35. The van der Waals surface area contributed by atoms with Gasteiger partial charge in [-0.1, -0.05) is 35.9 Å². The molecule has 1 aromatic carbocycles. The molecule has 4 rings (SSSR count). The highest BCUT2D eigenvalue weighted by molar-refractivity contribution is 5.96. The van der Waals surface area contributed by atoms with E-state index in [0.29, 0.717) is 29.8 Å². The van der Waals surface area contributed by atoms with Crippen LogP contribution >= 0.6 is 0 Å². The van der Waals surface area contributed by atoms with E-state index in [9.17, 15) is 9.59 Å². The molecule has 1 amide bonds. The molecule has 7 nitrogen and oxygen atoms in total. The third-order valence-electron chi connectivity index (χ3n) is 5.10. The average molecular weight is 401 g/mol. The molecule has 0 saturated heterocycles. The fourth-order valence-electron chi connectivity index (χ4n) is 3.50. The summed E-state index contributed by atoms with van der Waals surface area (Å²) in [5.41, 5.74) is 3.83. The van der Waals surface area contributed by atoms with Crippen LogP contribution in [0.2, 0.25) is 0 Å². The average Bonchev–Trinajstić information content (AvgIpc) is 2.72. The molecule has 3 heterocycles. The van der Waals surface area contributed by atoms with Gasteiger partial charge in [-0.3, -0.25) is 19.4 Å². The van der Waals surface area contributed by atoms with Crippen molar-refractivity contribution >= 4 is 22.6 Å². The van der Waals surface area contributed by atoms with E-state index in [0.717, 1.165) is 16.7 Å². The van der Waals surface area contributed by atoms with Gasteiger partial charge in [0.1, 0.15) is 16.8 Å². The second-order valence-electron chi connectivity index (χ2n) is 7.43. The van der Waals surface area contributed by atoms with Crippen molar-refractivity contribution in [2.75, 3.05) is 6.54 Å². The first-order valence-electron chi connectivity index (χ1n) is 9.84. The number of aromatic nitrogens is 3. The Kier molecular flexibility index (Phi) is 4.95. The molecule has 7 heteroatoms. The van der Waals surface area contributed by atoms with Crippen molar-refractivity contribution in [1.29, 1.82) is 5.41 Å². The van der Waals surface area contributed by atoms with Crippen LogP contribution in [0.4, 0.5) is 0 Å². The summed E-state index contributed by atoms with van der Waals surface area (Å²) in [7, 11) is 0. The van der Waals surface area contributed by atoms with Crippen LogP contribution in [0.1, 0.15) is 34.0 Å². The van der Waals surface area contributed by atoms with Gasteiger partial charge in [-0.25, -0.2) is 4.98 Å². The molecule has 30 heavy (non-hydrogen) atoms. The first-order chi connectivity index (χ1) is 14.4. The largest absolute Gasteiger partial charge is 0.352 e. The molecular weight excluding hydrogens is 378 g/mol. The zero-order chi connectivity index (χ0) is 21.4. The van der Waals surface area contributed by atoms with Gasteiger partial charge in [0.05, 0.1) is 17.5 Å². The summed E-state index contributed by atoms with van der Waals surface area (Å²) in [6.45, 7) is 6.49. The Hall–Kier alpha value is -3.74. The van der Waals surface area contributed by atoms with Crippen LogP contribution in [0, 0.1) is 19.3 Å². The zero-order valence-electron chi connectivity index (χ0n) is 17.2.